The Labute approximate surface area is 209 Å². The summed E-state index contributed by atoms with van der Waals surface area (Å²) in [6.45, 7) is 0.431. The first-order chi connectivity index (χ1) is 17.4. The first-order valence-electron chi connectivity index (χ1n) is 11.3. The van der Waals surface area contributed by atoms with Gasteiger partial charge in [-0.15, -0.1) is 0 Å². The molecule has 2 amide bonds. The summed E-state index contributed by atoms with van der Waals surface area (Å²) in [5, 5.41) is 2.95. The summed E-state index contributed by atoms with van der Waals surface area (Å²) in [5.41, 5.74) is 3.15. The number of ether oxygens (including phenoxy) is 5. The van der Waals surface area contributed by atoms with Gasteiger partial charge in [-0.05, 0) is 47.4 Å². The smallest absolute Gasteiger partial charge is 0.322 e. The third-order valence-corrected chi connectivity index (χ3v) is 6.24. The molecule has 3 aromatic carbocycles. The lowest BCUT2D eigenvalue weighted by molar-refractivity contribution is 0.193. The van der Waals surface area contributed by atoms with E-state index in [0.29, 0.717) is 47.4 Å². The van der Waals surface area contributed by atoms with Crippen molar-refractivity contribution in [3.8, 4) is 28.7 Å². The Morgan fingerprint density at radius 3 is 1.97 bits per heavy atom. The molecule has 8 nitrogen and oxygen atoms in total. The van der Waals surface area contributed by atoms with Crippen LogP contribution in [0.15, 0.2) is 48.5 Å². The molecule has 1 atom stereocenters. The predicted octanol–water partition coefficient (Wildman–Crippen LogP) is 5.05. The Balaban J connectivity index is 1.75. The standard InChI is InChI=1S/C27H29FN2O6/c1-32-21-12-17-10-11-30(25(20(17)15-22(21)33-2)16-6-8-18(28)9-7-16)27(31)29-19-13-23(34-3)26(36-5)24(14-19)35-4/h6-9,12-15,25H,10-11H2,1-5H3,(H,29,31). The second-order valence-corrected chi connectivity index (χ2v) is 8.15. The zero-order valence-electron chi connectivity index (χ0n) is 20.9. The van der Waals surface area contributed by atoms with Crippen molar-refractivity contribution in [2.75, 3.05) is 47.4 Å². The molecule has 0 aromatic heterocycles. The predicted molar refractivity (Wildman–Crippen MR) is 133 cm³/mol. The number of halogens is 1. The molecule has 36 heavy (non-hydrogen) atoms. The fourth-order valence-corrected chi connectivity index (χ4v) is 4.52. The van der Waals surface area contributed by atoms with E-state index in [0.717, 1.165) is 16.7 Å². The molecular weight excluding hydrogens is 467 g/mol. The number of fused-ring (bicyclic) bond motifs is 1. The number of benzene rings is 3. The van der Waals surface area contributed by atoms with E-state index < -0.39 is 6.04 Å². The van der Waals surface area contributed by atoms with Crippen molar-refractivity contribution in [2.24, 2.45) is 0 Å². The maximum Gasteiger partial charge on any atom is 0.322 e. The molecule has 4 rings (SSSR count). The molecule has 0 spiro atoms. The third kappa shape index (κ3) is 4.68. The van der Waals surface area contributed by atoms with Gasteiger partial charge in [0.2, 0.25) is 5.75 Å². The first kappa shape index (κ1) is 25.0. The Morgan fingerprint density at radius 1 is 0.833 bits per heavy atom. The van der Waals surface area contributed by atoms with Crippen molar-refractivity contribution in [3.63, 3.8) is 0 Å². The highest BCUT2D eigenvalue weighted by molar-refractivity contribution is 5.91. The lowest BCUT2D eigenvalue weighted by Crippen LogP contribution is -2.43. The number of carbonyl (C=O) groups excluding carboxylic acids is 1. The molecule has 1 aliphatic heterocycles. The molecule has 190 valence electrons. The minimum Gasteiger partial charge on any atom is -0.493 e. The largest absolute Gasteiger partial charge is 0.493 e. The average Bonchev–Trinajstić information content (AvgIpc) is 2.91. The minimum absolute atomic E-state index is 0.334. The number of nitrogens with zero attached hydrogens (tertiary/aromatic N) is 1. The van der Waals surface area contributed by atoms with Gasteiger partial charge in [0.1, 0.15) is 5.82 Å². The van der Waals surface area contributed by atoms with Crippen LogP contribution in [0.25, 0.3) is 0 Å². The van der Waals surface area contributed by atoms with Crippen molar-refractivity contribution < 1.29 is 32.9 Å². The second-order valence-electron chi connectivity index (χ2n) is 8.15. The monoisotopic (exact) mass is 496 g/mol. The number of nitrogens with one attached hydrogen (secondary N) is 1. The van der Waals surface area contributed by atoms with Crippen LogP contribution in [-0.2, 0) is 6.42 Å². The summed E-state index contributed by atoms with van der Waals surface area (Å²) in [7, 11) is 7.68. The number of urea groups is 1. The second kappa shape index (κ2) is 10.6. The molecule has 0 saturated heterocycles. The van der Waals surface area contributed by atoms with E-state index in [1.807, 2.05) is 12.1 Å². The first-order valence-corrected chi connectivity index (χ1v) is 11.3. The van der Waals surface area contributed by atoms with E-state index in [4.69, 9.17) is 23.7 Å². The topological polar surface area (TPSA) is 78.5 Å². The van der Waals surface area contributed by atoms with E-state index in [1.54, 1.807) is 43.4 Å². The molecular formula is C27H29FN2O6. The van der Waals surface area contributed by atoms with Gasteiger partial charge in [0.25, 0.3) is 0 Å². The zero-order chi connectivity index (χ0) is 25.8. The van der Waals surface area contributed by atoms with E-state index in [2.05, 4.69) is 5.32 Å². The van der Waals surface area contributed by atoms with Gasteiger partial charge in [-0.25, -0.2) is 9.18 Å². The van der Waals surface area contributed by atoms with Gasteiger partial charge in [-0.1, -0.05) is 12.1 Å². The minimum atomic E-state index is -0.476. The van der Waals surface area contributed by atoms with Crippen molar-refractivity contribution in [2.45, 2.75) is 12.5 Å². The van der Waals surface area contributed by atoms with Crippen LogP contribution < -0.4 is 29.0 Å². The summed E-state index contributed by atoms with van der Waals surface area (Å²) in [6, 6.07) is 12.5. The molecule has 9 heteroatoms. The highest BCUT2D eigenvalue weighted by Crippen LogP contribution is 2.43. The Hall–Kier alpha value is -4.14. The molecule has 1 unspecified atom stereocenters. The van der Waals surface area contributed by atoms with Gasteiger partial charge in [0.15, 0.2) is 23.0 Å². The Bertz CT molecular complexity index is 1220. The van der Waals surface area contributed by atoms with Crippen molar-refractivity contribution in [1.29, 1.82) is 0 Å². The van der Waals surface area contributed by atoms with Gasteiger partial charge in [-0.3, -0.25) is 0 Å². The van der Waals surface area contributed by atoms with Crippen LogP contribution in [0.3, 0.4) is 0 Å². The number of anilines is 1. The summed E-state index contributed by atoms with van der Waals surface area (Å²) in [4.78, 5) is 15.3. The van der Waals surface area contributed by atoms with Crippen LogP contribution >= 0.6 is 0 Å². The van der Waals surface area contributed by atoms with Crippen molar-refractivity contribution >= 4 is 11.7 Å². The molecule has 0 saturated carbocycles. The van der Waals surface area contributed by atoms with E-state index in [-0.39, 0.29) is 11.8 Å². The number of methoxy groups -OCH3 is 5. The number of carbonyl (C=O) groups is 1. The van der Waals surface area contributed by atoms with Gasteiger partial charge in [-0.2, -0.15) is 0 Å². The third-order valence-electron chi connectivity index (χ3n) is 6.24. The summed E-state index contributed by atoms with van der Waals surface area (Å²) >= 11 is 0. The Kier molecular flexibility index (Phi) is 7.38. The molecule has 3 aromatic rings. The molecule has 0 radical (unpaired) electrons. The van der Waals surface area contributed by atoms with Gasteiger partial charge in [0, 0.05) is 18.7 Å². The molecule has 0 bridgehead atoms. The lowest BCUT2D eigenvalue weighted by Gasteiger charge is -2.38. The van der Waals surface area contributed by atoms with Gasteiger partial charge < -0.3 is 33.9 Å². The average molecular weight is 497 g/mol. The van der Waals surface area contributed by atoms with Crippen molar-refractivity contribution in [3.05, 3.63) is 71.0 Å². The van der Waals surface area contributed by atoms with E-state index >= 15 is 0 Å². The fourth-order valence-electron chi connectivity index (χ4n) is 4.52. The molecule has 0 aliphatic carbocycles. The van der Waals surface area contributed by atoms with Gasteiger partial charge >= 0.3 is 6.03 Å². The zero-order valence-corrected chi connectivity index (χ0v) is 20.9. The highest BCUT2D eigenvalue weighted by atomic mass is 19.1. The van der Waals surface area contributed by atoms with Crippen LogP contribution in [0, 0.1) is 5.82 Å². The van der Waals surface area contributed by atoms with Crippen molar-refractivity contribution in [1.82, 2.24) is 4.90 Å². The maximum atomic E-state index is 13.8. The van der Waals surface area contributed by atoms with Crippen LogP contribution in [0.1, 0.15) is 22.7 Å². The number of amides is 2. The van der Waals surface area contributed by atoms with Gasteiger partial charge in [0.05, 0.1) is 47.3 Å². The highest BCUT2D eigenvalue weighted by Gasteiger charge is 2.34. The van der Waals surface area contributed by atoms with E-state index in [9.17, 15) is 9.18 Å². The quantitative estimate of drug-likeness (QED) is 0.493. The van der Waals surface area contributed by atoms with Crippen LogP contribution in [0.5, 0.6) is 28.7 Å². The number of rotatable bonds is 7. The van der Waals surface area contributed by atoms with Crippen LogP contribution in [0.2, 0.25) is 0 Å². The van der Waals surface area contributed by atoms with Crippen LogP contribution in [0.4, 0.5) is 14.9 Å². The summed E-state index contributed by atoms with van der Waals surface area (Å²) in [6.07, 6.45) is 0.607. The molecule has 1 heterocycles. The normalized spacial score (nSPS) is 14.5. The lowest BCUT2D eigenvalue weighted by atomic mass is 9.88. The van der Waals surface area contributed by atoms with E-state index in [1.165, 1.54) is 33.5 Å². The molecule has 1 N–H and O–H groups in total. The number of hydrogen-bond donors (Lipinski definition) is 1. The fraction of sp³-hybridized carbons (Fsp3) is 0.296. The molecule has 0 fully saturated rings. The molecule has 1 aliphatic rings. The van der Waals surface area contributed by atoms with Crippen LogP contribution in [-0.4, -0.2) is 53.0 Å². The summed E-state index contributed by atoms with van der Waals surface area (Å²) in [5.74, 6) is 2.08. The maximum absolute atomic E-state index is 13.8. The summed E-state index contributed by atoms with van der Waals surface area (Å²) < 4.78 is 40.9. The number of hydrogen-bond acceptors (Lipinski definition) is 6. The SMILES string of the molecule is COc1cc2c(cc1OC)C(c1ccc(F)cc1)N(C(=O)Nc1cc(OC)c(OC)c(OC)c1)CC2. The Morgan fingerprint density at radius 2 is 1.42 bits per heavy atom.